The van der Waals surface area contributed by atoms with E-state index < -0.39 is 0 Å². The predicted molar refractivity (Wildman–Crippen MR) is 39.1 cm³/mol. The molecule has 0 aliphatic carbocycles. The Morgan fingerprint density at radius 1 is 1.27 bits per heavy atom. The highest BCUT2D eigenvalue weighted by Gasteiger charge is 2.05. The van der Waals surface area contributed by atoms with Crippen molar-refractivity contribution in [1.29, 1.82) is 0 Å². The van der Waals surface area contributed by atoms with Gasteiger partial charge in [-0.2, -0.15) is 4.40 Å². The van der Waals surface area contributed by atoms with E-state index in [1.165, 1.54) is 0 Å². The van der Waals surface area contributed by atoms with Crippen LogP contribution in [0.15, 0.2) is 36.8 Å². The lowest BCUT2D eigenvalue weighted by atomic mass is 10.4. The largest absolute Gasteiger partial charge is 0.501 e. The van der Waals surface area contributed by atoms with Gasteiger partial charge < -0.3 is 5.11 Å². The van der Waals surface area contributed by atoms with Gasteiger partial charge in [0.05, 0.1) is 12.4 Å². The summed E-state index contributed by atoms with van der Waals surface area (Å²) in [5.74, 6) is 0.202. The van der Waals surface area contributed by atoms with Crippen LogP contribution < -0.4 is 4.40 Å². The lowest BCUT2D eigenvalue weighted by molar-refractivity contribution is -0.515. The second-order valence-electron chi connectivity index (χ2n) is 2.24. The second-order valence-corrected chi connectivity index (χ2v) is 2.24. The number of hydrogen-bond donors (Lipinski definition) is 1. The molecule has 54 valence electrons. The quantitative estimate of drug-likeness (QED) is 0.552. The van der Waals surface area contributed by atoms with E-state index in [1.807, 2.05) is 18.5 Å². The fourth-order valence-corrected chi connectivity index (χ4v) is 1.00. The highest BCUT2D eigenvalue weighted by atomic mass is 16.3. The van der Waals surface area contributed by atoms with Crippen molar-refractivity contribution in [3.8, 4) is 5.75 Å². The third-order valence-electron chi connectivity index (χ3n) is 1.50. The molecule has 0 fully saturated rings. The van der Waals surface area contributed by atoms with Crippen LogP contribution in [0.5, 0.6) is 5.75 Å². The number of aromatic nitrogens is 2. The third kappa shape index (κ3) is 0.902. The molecular formula is C8H7N2O+. The van der Waals surface area contributed by atoms with Gasteiger partial charge in [-0.05, 0) is 17.1 Å². The Bertz CT molecular complexity index is 381. The first-order chi connectivity index (χ1) is 5.38. The Hall–Kier alpha value is -1.64. The molecule has 2 heterocycles. The minimum Gasteiger partial charge on any atom is -0.501 e. The highest BCUT2D eigenvalue weighted by molar-refractivity contribution is 5.44. The van der Waals surface area contributed by atoms with Gasteiger partial charge in [-0.1, -0.05) is 0 Å². The third-order valence-corrected chi connectivity index (χ3v) is 1.50. The molecule has 2 rings (SSSR count). The van der Waals surface area contributed by atoms with E-state index >= 15 is 0 Å². The van der Waals surface area contributed by atoms with Crippen molar-refractivity contribution >= 4 is 5.65 Å². The predicted octanol–water partition coefficient (Wildman–Crippen LogP) is 0.526. The topological polar surface area (TPSA) is 37.2 Å². The molecule has 0 spiro atoms. The summed E-state index contributed by atoms with van der Waals surface area (Å²) in [6.45, 7) is 0. The second kappa shape index (κ2) is 2.20. The molecule has 0 aromatic carbocycles. The van der Waals surface area contributed by atoms with Gasteiger partial charge in [-0.3, -0.25) is 0 Å². The van der Waals surface area contributed by atoms with Gasteiger partial charge in [0.2, 0.25) is 5.75 Å². The van der Waals surface area contributed by atoms with Crippen LogP contribution in [0.25, 0.3) is 5.65 Å². The summed E-state index contributed by atoms with van der Waals surface area (Å²) in [6, 6.07) is 5.19. The lowest BCUT2D eigenvalue weighted by Gasteiger charge is -1.90. The molecule has 2 aromatic heterocycles. The molecule has 1 N–H and O–H groups in total. The van der Waals surface area contributed by atoms with E-state index in [9.17, 15) is 5.11 Å². The fraction of sp³-hybridized carbons (Fsp3) is 0. The SMILES string of the molecule is Oc1ccc[n+]2cccnc12. The van der Waals surface area contributed by atoms with Crippen molar-refractivity contribution in [1.82, 2.24) is 4.98 Å². The van der Waals surface area contributed by atoms with Gasteiger partial charge in [0, 0.05) is 6.07 Å². The zero-order chi connectivity index (χ0) is 7.68. The molecule has 11 heavy (non-hydrogen) atoms. The summed E-state index contributed by atoms with van der Waals surface area (Å²) in [5, 5.41) is 9.29. The fourth-order valence-electron chi connectivity index (χ4n) is 1.00. The lowest BCUT2D eigenvalue weighted by Crippen LogP contribution is -2.20. The van der Waals surface area contributed by atoms with Gasteiger partial charge in [0.15, 0.2) is 0 Å². The van der Waals surface area contributed by atoms with Gasteiger partial charge in [0.1, 0.15) is 6.20 Å². The molecule has 0 saturated carbocycles. The normalized spacial score (nSPS) is 10.2. The van der Waals surface area contributed by atoms with Crippen molar-refractivity contribution in [3.63, 3.8) is 0 Å². The average Bonchev–Trinajstić information content (AvgIpc) is 2.06. The minimum atomic E-state index is 0.202. The molecule has 0 unspecified atom stereocenters. The van der Waals surface area contributed by atoms with E-state index in [4.69, 9.17) is 0 Å². The average molecular weight is 147 g/mol. The summed E-state index contributed by atoms with van der Waals surface area (Å²) < 4.78 is 1.76. The van der Waals surface area contributed by atoms with E-state index in [0.717, 1.165) is 0 Å². The number of hydrogen-bond acceptors (Lipinski definition) is 2. The summed E-state index contributed by atoms with van der Waals surface area (Å²) in [7, 11) is 0. The molecule has 2 aromatic rings. The van der Waals surface area contributed by atoms with Gasteiger partial charge in [0.25, 0.3) is 0 Å². The summed E-state index contributed by atoms with van der Waals surface area (Å²) in [6.07, 6.45) is 5.32. The maximum Gasteiger partial charge on any atom is 0.369 e. The van der Waals surface area contributed by atoms with Crippen LogP contribution >= 0.6 is 0 Å². The van der Waals surface area contributed by atoms with Crippen LogP contribution in [-0.2, 0) is 0 Å². The highest BCUT2D eigenvalue weighted by Crippen LogP contribution is 2.08. The van der Waals surface area contributed by atoms with Crippen LogP contribution in [0.1, 0.15) is 0 Å². The van der Waals surface area contributed by atoms with Gasteiger partial charge in [-0.15, -0.1) is 0 Å². The molecule has 0 radical (unpaired) electrons. The van der Waals surface area contributed by atoms with Crippen molar-refractivity contribution in [2.24, 2.45) is 0 Å². The van der Waals surface area contributed by atoms with Crippen LogP contribution in [0.4, 0.5) is 0 Å². The number of aromatic hydroxyl groups is 1. The maximum atomic E-state index is 9.29. The van der Waals surface area contributed by atoms with Crippen LogP contribution in [0.3, 0.4) is 0 Å². The first-order valence-corrected chi connectivity index (χ1v) is 3.32. The van der Waals surface area contributed by atoms with E-state index in [0.29, 0.717) is 5.65 Å². The number of fused-ring (bicyclic) bond motifs is 1. The summed E-state index contributed by atoms with van der Waals surface area (Å²) >= 11 is 0. The van der Waals surface area contributed by atoms with E-state index in [1.54, 1.807) is 22.7 Å². The van der Waals surface area contributed by atoms with Crippen LogP contribution in [0.2, 0.25) is 0 Å². The van der Waals surface area contributed by atoms with Crippen LogP contribution in [-0.4, -0.2) is 10.1 Å². The molecule has 3 heteroatoms. The van der Waals surface area contributed by atoms with Gasteiger partial charge >= 0.3 is 5.65 Å². The molecule has 0 saturated heterocycles. The number of rotatable bonds is 0. The van der Waals surface area contributed by atoms with Crippen LogP contribution in [0, 0.1) is 0 Å². The monoisotopic (exact) mass is 147 g/mol. The molecule has 0 bridgehead atoms. The first kappa shape index (κ1) is 6.09. The minimum absolute atomic E-state index is 0.202. The first-order valence-electron chi connectivity index (χ1n) is 3.32. The number of pyridine rings is 1. The Kier molecular flexibility index (Phi) is 1.22. The number of nitrogens with zero attached hydrogens (tertiary/aromatic N) is 2. The Balaban J connectivity index is 2.91. The van der Waals surface area contributed by atoms with Crippen molar-refractivity contribution < 1.29 is 9.51 Å². The molecule has 0 aliphatic heterocycles. The zero-order valence-electron chi connectivity index (χ0n) is 5.81. The van der Waals surface area contributed by atoms with Crippen molar-refractivity contribution in [2.75, 3.05) is 0 Å². The van der Waals surface area contributed by atoms with E-state index in [-0.39, 0.29) is 5.75 Å². The maximum absolute atomic E-state index is 9.29. The van der Waals surface area contributed by atoms with Gasteiger partial charge in [-0.25, -0.2) is 0 Å². The zero-order valence-corrected chi connectivity index (χ0v) is 5.81. The smallest absolute Gasteiger partial charge is 0.369 e. The molecule has 0 aliphatic rings. The Morgan fingerprint density at radius 2 is 2.09 bits per heavy atom. The molecular weight excluding hydrogens is 140 g/mol. The van der Waals surface area contributed by atoms with E-state index in [2.05, 4.69) is 4.98 Å². The molecule has 0 amide bonds. The Morgan fingerprint density at radius 3 is 2.91 bits per heavy atom. The summed E-state index contributed by atoms with van der Waals surface area (Å²) in [5.41, 5.74) is 0.579. The van der Waals surface area contributed by atoms with Crippen molar-refractivity contribution in [3.05, 3.63) is 36.8 Å². The summed E-state index contributed by atoms with van der Waals surface area (Å²) in [4.78, 5) is 3.99. The molecule has 3 nitrogen and oxygen atoms in total. The van der Waals surface area contributed by atoms with Crippen molar-refractivity contribution in [2.45, 2.75) is 0 Å². The standard InChI is InChI=1S/C8H6N2O/c11-7-3-1-5-10-6-2-4-9-8(7)10/h1-6H/p+1. The molecule has 0 atom stereocenters. The Labute approximate surface area is 63.6 Å².